The number of H-pyrrole nitrogens is 1. The molecule has 0 fully saturated rings. The number of para-hydroxylation sites is 1. The molecule has 0 saturated carbocycles. The van der Waals surface area contributed by atoms with Crippen molar-refractivity contribution in [3.8, 4) is 0 Å². The largest absolute Gasteiger partial charge is 0.361 e. The van der Waals surface area contributed by atoms with Gasteiger partial charge in [-0.15, -0.1) is 0 Å². The average Bonchev–Trinajstić information content (AvgIpc) is 2.89. The molecule has 0 unspecified atom stereocenters. The maximum absolute atomic E-state index is 4.20. The van der Waals surface area contributed by atoms with Crippen molar-refractivity contribution in [2.24, 2.45) is 0 Å². The SMILES string of the molecule is c1ccc2c(Cn3cccn3)c[nH]c2c1. The zero-order valence-electron chi connectivity index (χ0n) is 8.22. The number of aromatic nitrogens is 3. The third kappa shape index (κ3) is 1.42. The first-order chi connectivity index (χ1) is 7.43. The number of hydrogen-bond donors (Lipinski definition) is 1. The summed E-state index contributed by atoms with van der Waals surface area (Å²) in [6.45, 7) is 0.816. The van der Waals surface area contributed by atoms with E-state index in [1.54, 1.807) is 6.20 Å². The topological polar surface area (TPSA) is 33.6 Å². The van der Waals surface area contributed by atoms with E-state index in [9.17, 15) is 0 Å². The van der Waals surface area contributed by atoms with Gasteiger partial charge in [-0.1, -0.05) is 18.2 Å². The minimum absolute atomic E-state index is 0.816. The molecule has 15 heavy (non-hydrogen) atoms. The Hall–Kier alpha value is -2.03. The summed E-state index contributed by atoms with van der Waals surface area (Å²) in [5.41, 5.74) is 2.45. The number of fused-ring (bicyclic) bond motifs is 1. The normalized spacial score (nSPS) is 10.9. The predicted molar refractivity (Wildman–Crippen MR) is 59.6 cm³/mol. The van der Waals surface area contributed by atoms with Gasteiger partial charge in [-0.3, -0.25) is 4.68 Å². The highest BCUT2D eigenvalue weighted by Gasteiger charge is 2.02. The lowest BCUT2D eigenvalue weighted by Gasteiger charge is -1.99. The predicted octanol–water partition coefficient (Wildman–Crippen LogP) is 2.41. The van der Waals surface area contributed by atoms with Gasteiger partial charge in [-0.2, -0.15) is 5.10 Å². The third-order valence-electron chi connectivity index (χ3n) is 2.57. The highest BCUT2D eigenvalue weighted by atomic mass is 15.3. The highest BCUT2D eigenvalue weighted by molar-refractivity contribution is 5.82. The van der Waals surface area contributed by atoms with E-state index in [2.05, 4.69) is 28.3 Å². The van der Waals surface area contributed by atoms with E-state index in [4.69, 9.17) is 0 Å². The van der Waals surface area contributed by atoms with Crippen molar-refractivity contribution in [1.29, 1.82) is 0 Å². The fraction of sp³-hybridized carbons (Fsp3) is 0.0833. The average molecular weight is 197 g/mol. The standard InChI is InChI=1S/C12H11N3/c1-2-5-12-11(4-1)10(8-13-12)9-15-7-3-6-14-15/h1-8,13H,9H2. The molecule has 0 bridgehead atoms. The number of nitrogens with zero attached hydrogens (tertiary/aromatic N) is 2. The summed E-state index contributed by atoms with van der Waals surface area (Å²) in [7, 11) is 0. The molecular weight excluding hydrogens is 186 g/mol. The van der Waals surface area contributed by atoms with Crippen molar-refractivity contribution < 1.29 is 0 Å². The Morgan fingerprint density at radius 1 is 1.20 bits per heavy atom. The molecule has 3 nitrogen and oxygen atoms in total. The van der Waals surface area contributed by atoms with E-state index in [0.29, 0.717) is 0 Å². The molecule has 0 atom stereocenters. The van der Waals surface area contributed by atoms with E-state index in [1.807, 2.05) is 29.2 Å². The molecule has 0 spiro atoms. The summed E-state index contributed by atoms with van der Waals surface area (Å²) in [6, 6.07) is 10.3. The van der Waals surface area contributed by atoms with Crippen molar-refractivity contribution in [3.05, 3.63) is 54.5 Å². The molecule has 1 aromatic carbocycles. The smallest absolute Gasteiger partial charge is 0.0680 e. The first-order valence-corrected chi connectivity index (χ1v) is 4.96. The summed E-state index contributed by atoms with van der Waals surface area (Å²) >= 11 is 0. The molecule has 74 valence electrons. The van der Waals surface area contributed by atoms with Gasteiger partial charge < -0.3 is 4.98 Å². The minimum atomic E-state index is 0.816. The summed E-state index contributed by atoms with van der Waals surface area (Å²) in [6.07, 6.45) is 5.82. The lowest BCUT2D eigenvalue weighted by molar-refractivity contribution is 0.690. The van der Waals surface area contributed by atoms with Crippen molar-refractivity contribution in [3.63, 3.8) is 0 Å². The highest BCUT2D eigenvalue weighted by Crippen LogP contribution is 2.18. The van der Waals surface area contributed by atoms with Gasteiger partial charge >= 0.3 is 0 Å². The quantitative estimate of drug-likeness (QED) is 0.672. The van der Waals surface area contributed by atoms with Crippen LogP contribution in [0.15, 0.2) is 48.9 Å². The van der Waals surface area contributed by atoms with Crippen molar-refractivity contribution in [2.75, 3.05) is 0 Å². The number of aromatic amines is 1. The zero-order valence-corrected chi connectivity index (χ0v) is 8.22. The number of hydrogen-bond acceptors (Lipinski definition) is 1. The second kappa shape index (κ2) is 3.28. The summed E-state index contributed by atoms with van der Waals surface area (Å²) in [4.78, 5) is 3.26. The first-order valence-electron chi connectivity index (χ1n) is 4.96. The van der Waals surface area contributed by atoms with Crippen molar-refractivity contribution in [2.45, 2.75) is 6.54 Å². The van der Waals surface area contributed by atoms with E-state index in [1.165, 1.54) is 16.5 Å². The van der Waals surface area contributed by atoms with E-state index in [0.717, 1.165) is 6.54 Å². The Balaban J connectivity index is 2.05. The molecular formula is C12H11N3. The Morgan fingerprint density at radius 2 is 2.13 bits per heavy atom. The van der Waals surface area contributed by atoms with Gasteiger partial charge in [0.05, 0.1) is 6.54 Å². The lowest BCUT2D eigenvalue weighted by Crippen LogP contribution is -1.98. The van der Waals surface area contributed by atoms with E-state index < -0.39 is 0 Å². The molecule has 2 heterocycles. The van der Waals surface area contributed by atoms with Crippen LogP contribution in [0.5, 0.6) is 0 Å². The van der Waals surface area contributed by atoms with Crippen LogP contribution in [0.2, 0.25) is 0 Å². The minimum Gasteiger partial charge on any atom is -0.361 e. The molecule has 0 aliphatic carbocycles. The molecule has 0 radical (unpaired) electrons. The Labute approximate surface area is 87.4 Å². The van der Waals surface area contributed by atoms with Crippen LogP contribution < -0.4 is 0 Å². The van der Waals surface area contributed by atoms with Crippen LogP contribution in [0.1, 0.15) is 5.56 Å². The molecule has 3 heteroatoms. The number of nitrogens with one attached hydrogen (secondary N) is 1. The maximum atomic E-state index is 4.20. The zero-order chi connectivity index (χ0) is 10.1. The van der Waals surface area contributed by atoms with Crippen LogP contribution in [0.3, 0.4) is 0 Å². The molecule has 0 saturated heterocycles. The van der Waals surface area contributed by atoms with Crippen molar-refractivity contribution in [1.82, 2.24) is 14.8 Å². The van der Waals surface area contributed by atoms with Crippen LogP contribution in [0.4, 0.5) is 0 Å². The van der Waals surface area contributed by atoms with Gasteiger partial charge in [-0.25, -0.2) is 0 Å². The van der Waals surface area contributed by atoms with Gasteiger partial charge in [0.15, 0.2) is 0 Å². The Kier molecular flexibility index (Phi) is 1.81. The maximum Gasteiger partial charge on any atom is 0.0680 e. The second-order valence-corrected chi connectivity index (χ2v) is 3.56. The summed E-state index contributed by atoms with van der Waals surface area (Å²) in [5, 5.41) is 5.47. The number of benzene rings is 1. The van der Waals surface area contributed by atoms with Crippen LogP contribution >= 0.6 is 0 Å². The molecule has 3 rings (SSSR count). The van der Waals surface area contributed by atoms with E-state index in [-0.39, 0.29) is 0 Å². The van der Waals surface area contributed by atoms with Crippen LogP contribution in [0, 0.1) is 0 Å². The Bertz CT molecular complexity index is 563. The van der Waals surface area contributed by atoms with Gasteiger partial charge in [0.2, 0.25) is 0 Å². The monoisotopic (exact) mass is 197 g/mol. The van der Waals surface area contributed by atoms with Gasteiger partial charge in [0.1, 0.15) is 0 Å². The van der Waals surface area contributed by atoms with Crippen LogP contribution in [0.25, 0.3) is 10.9 Å². The van der Waals surface area contributed by atoms with E-state index >= 15 is 0 Å². The lowest BCUT2D eigenvalue weighted by atomic mass is 10.2. The molecule has 0 amide bonds. The Morgan fingerprint density at radius 3 is 3.00 bits per heavy atom. The molecule has 1 N–H and O–H groups in total. The summed E-state index contributed by atoms with van der Waals surface area (Å²) < 4.78 is 1.93. The van der Waals surface area contributed by atoms with Crippen LogP contribution in [-0.4, -0.2) is 14.8 Å². The molecule has 2 aromatic heterocycles. The van der Waals surface area contributed by atoms with Gasteiger partial charge in [-0.05, 0) is 17.7 Å². The van der Waals surface area contributed by atoms with Crippen LogP contribution in [-0.2, 0) is 6.54 Å². The summed E-state index contributed by atoms with van der Waals surface area (Å²) in [5.74, 6) is 0. The van der Waals surface area contributed by atoms with Gasteiger partial charge in [0, 0.05) is 29.5 Å². The second-order valence-electron chi connectivity index (χ2n) is 3.56. The molecule has 3 aromatic rings. The fourth-order valence-corrected chi connectivity index (χ4v) is 1.83. The van der Waals surface area contributed by atoms with Crippen molar-refractivity contribution >= 4 is 10.9 Å². The molecule has 0 aliphatic heterocycles. The van der Waals surface area contributed by atoms with Gasteiger partial charge in [0.25, 0.3) is 0 Å². The molecule has 0 aliphatic rings. The first kappa shape index (κ1) is 8.29. The third-order valence-corrected chi connectivity index (χ3v) is 2.57. The number of rotatable bonds is 2. The fourth-order valence-electron chi connectivity index (χ4n) is 1.83.